The molecule has 51 heavy (non-hydrogen) atoms. The maximum absolute atomic E-state index is 6.94. The fraction of sp³-hybridized carbons (Fsp3) is 0.0204. The van der Waals surface area contributed by atoms with Crippen LogP contribution in [0.1, 0.15) is 0 Å². The van der Waals surface area contributed by atoms with E-state index in [1.165, 1.54) is 32.3 Å². The Bertz CT molecular complexity index is 2250. The maximum atomic E-state index is 6.94. The molecule has 0 spiro atoms. The summed E-state index contributed by atoms with van der Waals surface area (Å²) < 4.78 is 6.94. The van der Waals surface area contributed by atoms with Crippen LogP contribution >= 0.6 is 7.26 Å². The van der Waals surface area contributed by atoms with Crippen molar-refractivity contribution in [2.24, 2.45) is 0 Å². The molecule has 0 saturated carbocycles. The highest BCUT2D eigenvalue weighted by Gasteiger charge is 2.53. The summed E-state index contributed by atoms with van der Waals surface area (Å²) in [5, 5.41) is 5.01. The standard InChI is InChI=1S/C49H38OP/c1-50-48-46(39-27-13-4-14-28-39)44(37-23-9-2-10-24-37)45(38-25-11-3-12-26-38)47(40-29-15-5-16-30-40)49(48)51(41-31-17-6-18-32-41,42-33-19-7-20-34-42)43-35-21-8-22-36-43/h2-36H,1H3/q+1. The molecule has 0 heterocycles. The van der Waals surface area contributed by atoms with Gasteiger partial charge in [0.25, 0.3) is 0 Å². The van der Waals surface area contributed by atoms with Crippen LogP contribution in [-0.4, -0.2) is 7.11 Å². The number of ether oxygens (including phenoxy) is 1. The van der Waals surface area contributed by atoms with Crippen LogP contribution in [0.4, 0.5) is 0 Å². The van der Waals surface area contributed by atoms with Crippen LogP contribution < -0.4 is 26.0 Å². The third-order valence-electron chi connectivity index (χ3n) is 9.65. The molecule has 0 saturated heterocycles. The van der Waals surface area contributed by atoms with E-state index in [4.69, 9.17) is 4.74 Å². The van der Waals surface area contributed by atoms with Crippen molar-refractivity contribution in [3.8, 4) is 50.3 Å². The van der Waals surface area contributed by atoms with Crippen molar-refractivity contribution >= 4 is 28.5 Å². The Labute approximate surface area is 301 Å². The van der Waals surface area contributed by atoms with Crippen LogP contribution in [0, 0.1) is 0 Å². The lowest BCUT2D eigenvalue weighted by molar-refractivity contribution is 0.420. The highest BCUT2D eigenvalue weighted by atomic mass is 31.2. The molecule has 0 radical (unpaired) electrons. The zero-order valence-corrected chi connectivity index (χ0v) is 29.5. The van der Waals surface area contributed by atoms with Crippen molar-refractivity contribution in [3.05, 3.63) is 212 Å². The Morgan fingerprint density at radius 3 is 0.863 bits per heavy atom. The van der Waals surface area contributed by atoms with Crippen molar-refractivity contribution in [2.45, 2.75) is 0 Å². The van der Waals surface area contributed by atoms with Gasteiger partial charge in [0, 0.05) is 22.3 Å². The lowest BCUT2D eigenvalue weighted by Gasteiger charge is -2.34. The van der Waals surface area contributed by atoms with E-state index >= 15 is 0 Å². The van der Waals surface area contributed by atoms with Gasteiger partial charge in [0.2, 0.25) is 0 Å². The minimum absolute atomic E-state index is 0.892. The molecule has 2 heteroatoms. The molecule has 0 aliphatic carbocycles. The van der Waals surface area contributed by atoms with Gasteiger partial charge in [-0.25, -0.2) is 0 Å². The van der Waals surface area contributed by atoms with Crippen molar-refractivity contribution < 1.29 is 4.74 Å². The number of benzene rings is 8. The summed E-state index contributed by atoms with van der Waals surface area (Å²) in [6.45, 7) is 0. The maximum Gasteiger partial charge on any atom is 0.171 e. The minimum atomic E-state index is -2.69. The molecule has 8 aromatic rings. The second-order valence-electron chi connectivity index (χ2n) is 12.5. The molecule has 0 bridgehead atoms. The molecule has 0 aromatic heterocycles. The molecule has 8 aromatic carbocycles. The largest absolute Gasteiger partial charge is 0.492 e. The first kappa shape index (κ1) is 32.2. The number of methoxy groups -OCH3 is 1. The van der Waals surface area contributed by atoms with Gasteiger partial charge in [0.1, 0.15) is 23.2 Å². The molecule has 1 nitrogen and oxygen atoms in total. The highest BCUT2D eigenvalue weighted by molar-refractivity contribution is 8.02. The second kappa shape index (κ2) is 14.5. The van der Waals surface area contributed by atoms with E-state index in [1.807, 2.05) is 7.11 Å². The Kier molecular flexibility index (Phi) is 9.13. The summed E-state index contributed by atoms with van der Waals surface area (Å²) in [5.41, 5.74) is 9.16. The fourth-order valence-electron chi connectivity index (χ4n) is 7.58. The second-order valence-corrected chi connectivity index (χ2v) is 15.9. The van der Waals surface area contributed by atoms with Gasteiger partial charge >= 0.3 is 0 Å². The van der Waals surface area contributed by atoms with Crippen LogP contribution in [-0.2, 0) is 0 Å². The lowest BCUT2D eigenvalue weighted by atomic mass is 9.82. The van der Waals surface area contributed by atoms with Crippen molar-refractivity contribution in [2.75, 3.05) is 7.11 Å². The predicted octanol–water partition coefficient (Wildman–Crippen LogP) is 11.0. The van der Waals surface area contributed by atoms with E-state index < -0.39 is 7.26 Å². The van der Waals surface area contributed by atoms with E-state index in [9.17, 15) is 0 Å². The van der Waals surface area contributed by atoms with Gasteiger partial charge in [-0.15, -0.1) is 0 Å². The van der Waals surface area contributed by atoms with Crippen molar-refractivity contribution in [1.82, 2.24) is 0 Å². The molecular weight excluding hydrogens is 636 g/mol. The van der Waals surface area contributed by atoms with Crippen LogP contribution in [0.25, 0.3) is 44.5 Å². The molecule has 0 atom stereocenters. The average Bonchev–Trinajstić information content (AvgIpc) is 3.23. The zero-order chi connectivity index (χ0) is 34.5. The Hall–Kier alpha value is -6.01. The lowest BCUT2D eigenvalue weighted by Crippen LogP contribution is -2.40. The molecule has 0 unspecified atom stereocenters. The van der Waals surface area contributed by atoms with E-state index in [2.05, 4.69) is 212 Å². The van der Waals surface area contributed by atoms with E-state index in [-0.39, 0.29) is 0 Å². The summed E-state index contributed by atoms with van der Waals surface area (Å²) in [5.74, 6) is 0.892. The summed E-state index contributed by atoms with van der Waals surface area (Å²) in [6.07, 6.45) is 0. The van der Waals surface area contributed by atoms with Crippen molar-refractivity contribution in [1.29, 1.82) is 0 Å². The van der Waals surface area contributed by atoms with Crippen molar-refractivity contribution in [3.63, 3.8) is 0 Å². The SMILES string of the molecule is COc1c(-c2ccccc2)c(-c2ccccc2)c(-c2ccccc2)c(-c2ccccc2)c1[P+](c1ccccc1)(c1ccccc1)c1ccccc1. The molecule has 0 aliphatic rings. The van der Waals surface area contributed by atoms with E-state index in [1.54, 1.807) is 0 Å². The molecular formula is C49H38OP+. The normalized spacial score (nSPS) is 11.2. The van der Waals surface area contributed by atoms with Gasteiger partial charge in [-0.05, 0) is 58.7 Å². The average molecular weight is 674 g/mol. The summed E-state index contributed by atoms with van der Waals surface area (Å²) >= 11 is 0. The number of hydrogen-bond acceptors (Lipinski definition) is 1. The van der Waals surface area contributed by atoms with Crippen LogP contribution in [0.2, 0.25) is 0 Å². The zero-order valence-electron chi connectivity index (χ0n) is 28.6. The molecule has 0 N–H and O–H groups in total. The first-order chi connectivity index (χ1) is 25.3. The number of hydrogen-bond donors (Lipinski definition) is 0. The Morgan fingerprint density at radius 1 is 0.294 bits per heavy atom. The first-order valence-electron chi connectivity index (χ1n) is 17.4. The van der Waals surface area contributed by atoms with Crippen LogP contribution in [0.3, 0.4) is 0 Å². The summed E-state index contributed by atoms with van der Waals surface area (Å²) in [7, 11) is -0.840. The molecule has 0 aliphatic heterocycles. The minimum Gasteiger partial charge on any atom is -0.492 e. The van der Waals surface area contributed by atoms with Gasteiger partial charge in [0.15, 0.2) is 11.1 Å². The molecule has 8 rings (SSSR count). The fourth-order valence-corrected chi connectivity index (χ4v) is 12.2. The molecule has 244 valence electrons. The summed E-state index contributed by atoms with van der Waals surface area (Å²) in [6, 6.07) is 76.8. The number of rotatable bonds is 9. The smallest absolute Gasteiger partial charge is 0.171 e. The quantitative estimate of drug-likeness (QED) is 0.139. The first-order valence-corrected chi connectivity index (χ1v) is 19.2. The predicted molar refractivity (Wildman–Crippen MR) is 220 cm³/mol. The Balaban J connectivity index is 1.73. The van der Waals surface area contributed by atoms with Gasteiger partial charge in [-0.2, -0.15) is 0 Å². The molecule has 0 fully saturated rings. The van der Waals surface area contributed by atoms with Gasteiger partial charge in [0.05, 0.1) is 7.11 Å². The highest BCUT2D eigenvalue weighted by Crippen LogP contribution is 2.62. The third-order valence-corrected chi connectivity index (χ3v) is 14.0. The van der Waals surface area contributed by atoms with Gasteiger partial charge < -0.3 is 4.74 Å². The summed E-state index contributed by atoms with van der Waals surface area (Å²) in [4.78, 5) is 0. The van der Waals surface area contributed by atoms with Gasteiger partial charge in [-0.3, -0.25) is 0 Å². The van der Waals surface area contributed by atoms with Gasteiger partial charge in [-0.1, -0.05) is 176 Å². The van der Waals surface area contributed by atoms with E-state index in [0.29, 0.717) is 0 Å². The van der Waals surface area contributed by atoms with E-state index in [0.717, 1.165) is 39.1 Å². The topological polar surface area (TPSA) is 9.23 Å². The molecule has 0 amide bonds. The van der Waals surface area contributed by atoms with Crippen LogP contribution in [0.5, 0.6) is 5.75 Å². The Morgan fingerprint density at radius 2 is 0.549 bits per heavy atom. The third kappa shape index (κ3) is 5.77. The monoisotopic (exact) mass is 673 g/mol. The van der Waals surface area contributed by atoms with Crippen LogP contribution in [0.15, 0.2) is 212 Å².